The van der Waals surface area contributed by atoms with E-state index >= 15 is 0 Å². The fraction of sp³-hybridized carbons (Fsp3) is 0.600. The summed E-state index contributed by atoms with van der Waals surface area (Å²) in [6, 6.07) is 5.35. The fourth-order valence-electron chi connectivity index (χ4n) is 2.07. The average molecular weight is 289 g/mol. The van der Waals surface area contributed by atoms with Crippen molar-refractivity contribution >= 4 is 0 Å². The van der Waals surface area contributed by atoms with Crippen molar-refractivity contribution in [2.45, 2.75) is 46.0 Å². The zero-order valence-electron chi connectivity index (χ0n) is 12.1. The maximum absolute atomic E-state index is 12.6. The second kappa shape index (κ2) is 6.59. The van der Waals surface area contributed by atoms with Gasteiger partial charge in [0.1, 0.15) is 0 Å². The first kappa shape index (κ1) is 17.0. The van der Waals surface area contributed by atoms with E-state index < -0.39 is 11.7 Å². The van der Waals surface area contributed by atoms with E-state index in [4.69, 9.17) is 5.11 Å². The average Bonchev–Trinajstić information content (AvgIpc) is 2.32. The van der Waals surface area contributed by atoms with Crippen LogP contribution in [0.2, 0.25) is 0 Å². The van der Waals surface area contributed by atoms with Crippen molar-refractivity contribution < 1.29 is 18.3 Å². The van der Waals surface area contributed by atoms with Crippen molar-refractivity contribution in [1.29, 1.82) is 0 Å². The first-order valence-corrected chi connectivity index (χ1v) is 6.65. The van der Waals surface area contributed by atoms with Crippen molar-refractivity contribution in [3.63, 3.8) is 0 Å². The lowest BCUT2D eigenvalue weighted by Crippen LogP contribution is -2.40. The predicted molar refractivity (Wildman–Crippen MR) is 73.2 cm³/mol. The summed E-state index contributed by atoms with van der Waals surface area (Å²) in [5.74, 6) is 0. The highest BCUT2D eigenvalue weighted by Gasteiger charge is 2.30. The van der Waals surface area contributed by atoms with E-state index in [9.17, 15) is 13.2 Å². The quantitative estimate of drug-likeness (QED) is 0.868. The molecule has 20 heavy (non-hydrogen) atoms. The number of alkyl halides is 3. The van der Waals surface area contributed by atoms with Crippen LogP contribution >= 0.6 is 0 Å². The number of halogens is 3. The van der Waals surface area contributed by atoms with Gasteiger partial charge in [-0.15, -0.1) is 0 Å². The lowest BCUT2D eigenvalue weighted by atomic mass is 9.85. The van der Waals surface area contributed by atoms with Crippen molar-refractivity contribution in [2.75, 3.05) is 6.61 Å². The van der Waals surface area contributed by atoms with E-state index in [1.54, 1.807) is 6.07 Å². The van der Waals surface area contributed by atoms with Crippen LogP contribution in [0.4, 0.5) is 13.2 Å². The standard InChI is InChI=1S/C15H22F3NO/c1-14(2,3)13(7-8-20)19-10-11-5-4-6-12(9-11)15(16,17)18/h4-6,9,13,19-20H,7-8,10H2,1-3H3. The van der Waals surface area contributed by atoms with Gasteiger partial charge in [-0.3, -0.25) is 0 Å². The molecule has 0 aromatic heterocycles. The molecule has 0 aliphatic heterocycles. The summed E-state index contributed by atoms with van der Waals surface area (Å²) >= 11 is 0. The third kappa shape index (κ3) is 5.13. The molecular weight excluding hydrogens is 267 g/mol. The maximum Gasteiger partial charge on any atom is 0.416 e. The van der Waals surface area contributed by atoms with Crippen LogP contribution < -0.4 is 5.32 Å². The number of nitrogens with one attached hydrogen (secondary N) is 1. The minimum absolute atomic E-state index is 0.0436. The fourth-order valence-corrected chi connectivity index (χ4v) is 2.07. The molecule has 0 saturated carbocycles. The van der Waals surface area contributed by atoms with Gasteiger partial charge in [0.15, 0.2) is 0 Å². The first-order valence-electron chi connectivity index (χ1n) is 6.65. The number of hydrogen-bond donors (Lipinski definition) is 2. The molecule has 1 atom stereocenters. The molecule has 0 bridgehead atoms. The Morgan fingerprint density at radius 2 is 1.85 bits per heavy atom. The second-order valence-electron chi connectivity index (χ2n) is 6.01. The van der Waals surface area contributed by atoms with Crippen molar-refractivity contribution in [3.8, 4) is 0 Å². The van der Waals surface area contributed by atoms with Gasteiger partial charge in [-0.2, -0.15) is 13.2 Å². The Kier molecular flexibility index (Phi) is 5.59. The Labute approximate surface area is 118 Å². The summed E-state index contributed by atoms with van der Waals surface area (Å²) in [4.78, 5) is 0. The molecule has 0 saturated heterocycles. The molecule has 1 aromatic carbocycles. The summed E-state index contributed by atoms with van der Waals surface area (Å²) in [6.45, 7) is 6.51. The highest BCUT2D eigenvalue weighted by atomic mass is 19.4. The van der Waals surface area contributed by atoms with Crippen LogP contribution in [0.1, 0.15) is 38.3 Å². The van der Waals surface area contributed by atoms with Crippen LogP contribution in [0.5, 0.6) is 0 Å². The van der Waals surface area contributed by atoms with Gasteiger partial charge in [0.2, 0.25) is 0 Å². The maximum atomic E-state index is 12.6. The van der Waals surface area contributed by atoms with Crippen LogP contribution in [-0.4, -0.2) is 17.8 Å². The molecule has 0 heterocycles. The van der Waals surface area contributed by atoms with Gasteiger partial charge in [-0.25, -0.2) is 0 Å². The predicted octanol–water partition coefficient (Wildman–Crippen LogP) is 3.59. The number of rotatable bonds is 5. The summed E-state index contributed by atoms with van der Waals surface area (Å²) in [5, 5.41) is 12.3. The minimum Gasteiger partial charge on any atom is -0.396 e. The minimum atomic E-state index is -4.31. The van der Waals surface area contributed by atoms with Gasteiger partial charge in [0.05, 0.1) is 5.56 Å². The van der Waals surface area contributed by atoms with E-state index in [-0.39, 0.29) is 18.1 Å². The zero-order chi connectivity index (χ0) is 15.4. The van der Waals surface area contributed by atoms with Crippen LogP contribution in [0.15, 0.2) is 24.3 Å². The molecule has 0 spiro atoms. The zero-order valence-corrected chi connectivity index (χ0v) is 12.1. The molecule has 5 heteroatoms. The van der Waals surface area contributed by atoms with E-state index in [2.05, 4.69) is 5.32 Å². The summed E-state index contributed by atoms with van der Waals surface area (Å²) in [6.07, 6.45) is -3.74. The monoisotopic (exact) mass is 289 g/mol. The van der Waals surface area contributed by atoms with Crippen LogP contribution in [0, 0.1) is 5.41 Å². The van der Waals surface area contributed by atoms with E-state index in [0.29, 0.717) is 18.5 Å². The van der Waals surface area contributed by atoms with Crippen LogP contribution in [0.3, 0.4) is 0 Å². The second-order valence-corrected chi connectivity index (χ2v) is 6.01. The molecule has 114 valence electrons. The van der Waals surface area contributed by atoms with Gasteiger partial charge in [0.25, 0.3) is 0 Å². The van der Waals surface area contributed by atoms with Gasteiger partial charge in [-0.05, 0) is 23.5 Å². The lowest BCUT2D eigenvalue weighted by Gasteiger charge is -2.31. The smallest absolute Gasteiger partial charge is 0.396 e. The molecule has 0 aliphatic carbocycles. The molecular formula is C15H22F3NO. The third-order valence-electron chi connectivity index (χ3n) is 3.27. The molecule has 0 aliphatic rings. The summed E-state index contributed by atoms with van der Waals surface area (Å²) < 4.78 is 37.9. The van der Waals surface area contributed by atoms with Gasteiger partial charge in [0, 0.05) is 19.2 Å². The number of benzene rings is 1. The van der Waals surface area contributed by atoms with E-state index in [1.165, 1.54) is 6.07 Å². The molecule has 1 rings (SSSR count). The topological polar surface area (TPSA) is 32.3 Å². The van der Waals surface area contributed by atoms with Crippen molar-refractivity contribution in [3.05, 3.63) is 35.4 Å². The van der Waals surface area contributed by atoms with Crippen LogP contribution in [0.25, 0.3) is 0 Å². The molecule has 1 unspecified atom stereocenters. The largest absolute Gasteiger partial charge is 0.416 e. The van der Waals surface area contributed by atoms with E-state index in [0.717, 1.165) is 12.1 Å². The molecule has 2 nitrogen and oxygen atoms in total. The van der Waals surface area contributed by atoms with Gasteiger partial charge < -0.3 is 10.4 Å². The van der Waals surface area contributed by atoms with Gasteiger partial charge in [-0.1, -0.05) is 39.0 Å². The SMILES string of the molecule is CC(C)(C)C(CCO)NCc1cccc(C(F)(F)F)c1. The Bertz CT molecular complexity index is 424. The number of aliphatic hydroxyl groups is 1. The normalized spacial score (nSPS) is 14.3. The Balaban J connectivity index is 2.74. The number of hydrogen-bond acceptors (Lipinski definition) is 2. The third-order valence-corrected chi connectivity index (χ3v) is 3.27. The Hall–Kier alpha value is -1.07. The van der Waals surface area contributed by atoms with Crippen molar-refractivity contribution in [1.82, 2.24) is 5.32 Å². The first-order chi connectivity index (χ1) is 9.14. The molecule has 1 aromatic rings. The number of aliphatic hydroxyl groups excluding tert-OH is 1. The Morgan fingerprint density at radius 3 is 2.35 bits per heavy atom. The highest BCUT2D eigenvalue weighted by molar-refractivity contribution is 5.25. The van der Waals surface area contributed by atoms with Crippen LogP contribution in [-0.2, 0) is 12.7 Å². The molecule has 0 radical (unpaired) electrons. The molecule has 2 N–H and O–H groups in total. The lowest BCUT2D eigenvalue weighted by molar-refractivity contribution is -0.137. The molecule has 0 fully saturated rings. The summed E-state index contributed by atoms with van der Waals surface area (Å²) in [7, 11) is 0. The van der Waals surface area contributed by atoms with Crippen molar-refractivity contribution in [2.24, 2.45) is 5.41 Å². The summed E-state index contributed by atoms with van der Waals surface area (Å²) in [5.41, 5.74) is -0.108. The van der Waals surface area contributed by atoms with Gasteiger partial charge >= 0.3 is 6.18 Å². The van der Waals surface area contributed by atoms with E-state index in [1.807, 2.05) is 20.8 Å². The Morgan fingerprint density at radius 1 is 1.20 bits per heavy atom. The molecule has 0 amide bonds. The highest BCUT2D eigenvalue weighted by Crippen LogP contribution is 2.29.